The van der Waals surface area contributed by atoms with Gasteiger partial charge in [0, 0.05) is 18.1 Å². The number of halogens is 1. The minimum atomic E-state index is -0.462. The Bertz CT molecular complexity index is 413. The molecule has 2 unspecified atom stereocenters. The first-order valence-corrected chi connectivity index (χ1v) is 7.91. The molecule has 118 valence electrons. The molecule has 21 heavy (non-hydrogen) atoms. The fourth-order valence-electron chi connectivity index (χ4n) is 2.60. The minimum Gasteiger partial charge on any atom is -0.389 e. The molecule has 1 fully saturated rings. The van der Waals surface area contributed by atoms with Crippen LogP contribution in [0, 0.1) is 5.92 Å². The Hall–Kier alpha value is -0.650. The van der Waals surface area contributed by atoms with Crippen molar-refractivity contribution >= 4 is 11.6 Å². The summed E-state index contributed by atoms with van der Waals surface area (Å²) in [5.74, 6) is 0.706. The van der Waals surface area contributed by atoms with E-state index in [0.717, 1.165) is 23.7 Å². The van der Waals surface area contributed by atoms with E-state index in [2.05, 4.69) is 17.3 Å². The highest BCUT2D eigenvalue weighted by atomic mass is 35.5. The fraction of sp³-hybridized carbons (Fsp3) is 0.625. The lowest BCUT2D eigenvalue weighted by Gasteiger charge is -2.15. The van der Waals surface area contributed by atoms with Crippen LogP contribution in [0.4, 0.5) is 0 Å². The molecule has 0 bridgehead atoms. The maximum Gasteiger partial charge on any atom is 0.0897 e. The summed E-state index contributed by atoms with van der Waals surface area (Å²) < 4.78 is 5.52. The lowest BCUT2D eigenvalue weighted by Crippen LogP contribution is -2.34. The van der Waals surface area contributed by atoms with Gasteiger partial charge < -0.3 is 20.1 Å². The molecule has 0 amide bonds. The Morgan fingerprint density at radius 3 is 2.86 bits per heavy atom. The molecule has 1 aliphatic heterocycles. The second-order valence-electron chi connectivity index (χ2n) is 5.87. The SMILES string of the molecule is CN1CCC(CNCC(O)COCc2ccc(Cl)cc2)C1. The van der Waals surface area contributed by atoms with Crippen molar-refractivity contribution in [2.45, 2.75) is 19.1 Å². The molecule has 2 rings (SSSR count). The zero-order chi connectivity index (χ0) is 15.1. The Kier molecular flexibility index (Phi) is 6.93. The molecular weight excluding hydrogens is 288 g/mol. The first kappa shape index (κ1) is 16.7. The fourth-order valence-corrected chi connectivity index (χ4v) is 2.73. The molecule has 0 aromatic heterocycles. The van der Waals surface area contributed by atoms with Gasteiger partial charge in [0.15, 0.2) is 0 Å². The number of hydrogen-bond acceptors (Lipinski definition) is 4. The van der Waals surface area contributed by atoms with Gasteiger partial charge in [-0.2, -0.15) is 0 Å². The summed E-state index contributed by atoms with van der Waals surface area (Å²) in [6.45, 7) is 4.73. The van der Waals surface area contributed by atoms with Gasteiger partial charge in [0.2, 0.25) is 0 Å². The van der Waals surface area contributed by atoms with Gasteiger partial charge in [0.25, 0.3) is 0 Å². The van der Waals surface area contributed by atoms with E-state index < -0.39 is 6.10 Å². The van der Waals surface area contributed by atoms with Gasteiger partial charge in [-0.25, -0.2) is 0 Å². The van der Waals surface area contributed by atoms with Gasteiger partial charge in [-0.05, 0) is 50.2 Å². The molecule has 1 saturated heterocycles. The highest BCUT2D eigenvalue weighted by Crippen LogP contribution is 2.13. The summed E-state index contributed by atoms with van der Waals surface area (Å²) in [5, 5.41) is 13.9. The number of aliphatic hydroxyl groups excluding tert-OH is 1. The molecule has 0 saturated carbocycles. The second kappa shape index (κ2) is 8.71. The molecule has 1 heterocycles. The molecule has 2 N–H and O–H groups in total. The number of nitrogens with one attached hydrogen (secondary N) is 1. The Morgan fingerprint density at radius 2 is 2.19 bits per heavy atom. The molecule has 1 aromatic carbocycles. The third-order valence-electron chi connectivity index (χ3n) is 3.79. The summed E-state index contributed by atoms with van der Waals surface area (Å²) in [5.41, 5.74) is 1.06. The van der Waals surface area contributed by atoms with Crippen molar-refractivity contribution in [1.82, 2.24) is 10.2 Å². The molecule has 0 spiro atoms. The number of nitrogens with zero attached hydrogens (tertiary/aromatic N) is 1. The lowest BCUT2D eigenvalue weighted by atomic mass is 10.1. The third kappa shape index (κ3) is 6.32. The van der Waals surface area contributed by atoms with Crippen molar-refractivity contribution in [2.24, 2.45) is 5.92 Å². The van der Waals surface area contributed by atoms with Crippen LogP contribution in [0.25, 0.3) is 0 Å². The van der Waals surface area contributed by atoms with Crippen molar-refractivity contribution in [1.29, 1.82) is 0 Å². The van der Waals surface area contributed by atoms with Gasteiger partial charge in [0.1, 0.15) is 0 Å². The Labute approximate surface area is 132 Å². The predicted molar refractivity (Wildman–Crippen MR) is 85.6 cm³/mol. The smallest absolute Gasteiger partial charge is 0.0897 e. The minimum absolute atomic E-state index is 0.347. The van der Waals surface area contributed by atoms with E-state index in [1.54, 1.807) is 0 Å². The van der Waals surface area contributed by atoms with E-state index in [-0.39, 0.29) is 0 Å². The van der Waals surface area contributed by atoms with E-state index in [9.17, 15) is 5.11 Å². The van der Waals surface area contributed by atoms with Crippen LogP contribution in [-0.2, 0) is 11.3 Å². The van der Waals surface area contributed by atoms with Crippen LogP contribution in [-0.4, -0.2) is 55.9 Å². The van der Waals surface area contributed by atoms with Gasteiger partial charge in [-0.3, -0.25) is 0 Å². The summed E-state index contributed by atoms with van der Waals surface area (Å²) >= 11 is 5.82. The predicted octanol–water partition coefficient (Wildman–Crippen LogP) is 1.76. The van der Waals surface area contributed by atoms with E-state index >= 15 is 0 Å². The normalized spacial score (nSPS) is 20.8. The average Bonchev–Trinajstić information content (AvgIpc) is 2.87. The largest absolute Gasteiger partial charge is 0.389 e. The average molecular weight is 313 g/mol. The van der Waals surface area contributed by atoms with Crippen molar-refractivity contribution < 1.29 is 9.84 Å². The summed E-state index contributed by atoms with van der Waals surface area (Å²) in [4.78, 5) is 2.35. The van der Waals surface area contributed by atoms with Crippen LogP contribution >= 0.6 is 11.6 Å². The molecular formula is C16H25ClN2O2. The van der Waals surface area contributed by atoms with Crippen LogP contribution < -0.4 is 5.32 Å². The van der Waals surface area contributed by atoms with Crippen molar-refractivity contribution in [3.8, 4) is 0 Å². The maximum atomic E-state index is 9.88. The van der Waals surface area contributed by atoms with E-state index in [1.807, 2.05) is 24.3 Å². The zero-order valence-electron chi connectivity index (χ0n) is 12.6. The van der Waals surface area contributed by atoms with Crippen LogP contribution in [0.2, 0.25) is 5.02 Å². The van der Waals surface area contributed by atoms with E-state index in [0.29, 0.717) is 25.7 Å². The van der Waals surface area contributed by atoms with Crippen LogP contribution in [0.1, 0.15) is 12.0 Å². The molecule has 0 radical (unpaired) electrons. The van der Waals surface area contributed by atoms with Gasteiger partial charge >= 0.3 is 0 Å². The molecule has 5 heteroatoms. The number of ether oxygens (including phenoxy) is 1. The highest BCUT2D eigenvalue weighted by molar-refractivity contribution is 6.30. The van der Waals surface area contributed by atoms with Crippen LogP contribution in [0.15, 0.2) is 24.3 Å². The molecule has 4 nitrogen and oxygen atoms in total. The summed E-state index contributed by atoms with van der Waals surface area (Å²) in [6.07, 6.45) is 0.781. The summed E-state index contributed by atoms with van der Waals surface area (Å²) in [7, 11) is 2.15. The summed E-state index contributed by atoms with van der Waals surface area (Å²) in [6, 6.07) is 7.56. The quantitative estimate of drug-likeness (QED) is 0.768. The molecule has 1 aliphatic rings. The van der Waals surface area contributed by atoms with E-state index in [1.165, 1.54) is 13.0 Å². The number of rotatable bonds is 8. The van der Waals surface area contributed by atoms with Crippen molar-refractivity contribution in [2.75, 3.05) is 39.8 Å². The standard InChI is InChI=1S/C16H25ClN2O2/c1-19-7-6-14(10-19)8-18-9-16(20)12-21-11-13-2-4-15(17)5-3-13/h2-5,14,16,18,20H,6-12H2,1H3. The monoisotopic (exact) mass is 312 g/mol. The molecule has 0 aliphatic carbocycles. The highest BCUT2D eigenvalue weighted by Gasteiger charge is 2.18. The number of likely N-dealkylation sites (tertiary alicyclic amines) is 1. The topological polar surface area (TPSA) is 44.7 Å². The molecule has 1 aromatic rings. The zero-order valence-corrected chi connectivity index (χ0v) is 13.4. The Balaban J connectivity index is 1.53. The lowest BCUT2D eigenvalue weighted by molar-refractivity contribution is 0.0285. The molecule has 2 atom stereocenters. The van der Waals surface area contributed by atoms with Gasteiger partial charge in [-0.15, -0.1) is 0 Å². The second-order valence-corrected chi connectivity index (χ2v) is 6.31. The first-order chi connectivity index (χ1) is 10.1. The van der Waals surface area contributed by atoms with Crippen molar-refractivity contribution in [3.05, 3.63) is 34.9 Å². The number of aliphatic hydroxyl groups is 1. The van der Waals surface area contributed by atoms with Crippen LogP contribution in [0.5, 0.6) is 0 Å². The van der Waals surface area contributed by atoms with E-state index in [4.69, 9.17) is 16.3 Å². The number of benzene rings is 1. The van der Waals surface area contributed by atoms with Crippen LogP contribution in [0.3, 0.4) is 0 Å². The van der Waals surface area contributed by atoms with Gasteiger partial charge in [-0.1, -0.05) is 23.7 Å². The Morgan fingerprint density at radius 1 is 1.43 bits per heavy atom. The first-order valence-electron chi connectivity index (χ1n) is 7.53. The number of hydrogen-bond donors (Lipinski definition) is 2. The maximum absolute atomic E-state index is 9.88. The third-order valence-corrected chi connectivity index (χ3v) is 4.05. The van der Waals surface area contributed by atoms with Gasteiger partial charge in [0.05, 0.1) is 19.3 Å². The van der Waals surface area contributed by atoms with Crippen molar-refractivity contribution in [3.63, 3.8) is 0 Å².